The molecule has 2 aromatic rings. The normalized spacial score (nSPS) is 16.2. The molecule has 5 nitrogen and oxygen atoms in total. The molecule has 1 aromatic heterocycles. The summed E-state index contributed by atoms with van der Waals surface area (Å²) in [7, 11) is 0. The average Bonchev–Trinajstić information content (AvgIpc) is 2.92. The molecule has 112 valence electrons. The molecular weight excluding hydrogens is 285 g/mol. The van der Waals surface area contributed by atoms with Gasteiger partial charge in [0.2, 0.25) is 5.91 Å². The minimum absolute atomic E-state index is 0.0514. The van der Waals surface area contributed by atoms with Crippen LogP contribution in [0.5, 0.6) is 5.75 Å². The largest absolute Gasteiger partial charge is 0.488 e. The van der Waals surface area contributed by atoms with Crippen molar-refractivity contribution in [2.75, 3.05) is 17.2 Å². The second kappa shape index (κ2) is 4.69. The van der Waals surface area contributed by atoms with Crippen molar-refractivity contribution in [3.63, 3.8) is 0 Å². The average molecular weight is 299 g/mol. The quantitative estimate of drug-likeness (QED) is 0.878. The highest BCUT2D eigenvalue weighted by molar-refractivity contribution is 5.96. The number of hydrogen-bond acceptors (Lipinski definition) is 4. The monoisotopic (exact) mass is 299 g/mol. The van der Waals surface area contributed by atoms with Crippen molar-refractivity contribution >= 4 is 17.4 Å². The van der Waals surface area contributed by atoms with Crippen LogP contribution in [0.2, 0.25) is 0 Å². The van der Waals surface area contributed by atoms with Crippen LogP contribution in [0.1, 0.15) is 18.4 Å². The molecule has 2 aliphatic rings. The highest BCUT2D eigenvalue weighted by Gasteiger charge is 2.27. The molecule has 4 rings (SSSR count). The van der Waals surface area contributed by atoms with E-state index in [-0.39, 0.29) is 11.6 Å². The van der Waals surface area contributed by atoms with E-state index in [1.807, 2.05) is 0 Å². The number of carbonyl (C=O) groups excluding carboxylic acids is 1. The Morgan fingerprint density at radius 3 is 2.91 bits per heavy atom. The van der Waals surface area contributed by atoms with Crippen LogP contribution in [0.3, 0.4) is 0 Å². The van der Waals surface area contributed by atoms with Gasteiger partial charge in [-0.25, -0.2) is 9.37 Å². The Labute approximate surface area is 126 Å². The van der Waals surface area contributed by atoms with Gasteiger partial charge < -0.3 is 15.4 Å². The van der Waals surface area contributed by atoms with Crippen LogP contribution in [0.4, 0.5) is 15.9 Å². The van der Waals surface area contributed by atoms with Crippen molar-refractivity contribution < 1.29 is 13.9 Å². The van der Waals surface area contributed by atoms with E-state index in [2.05, 4.69) is 4.98 Å². The number of rotatable bonds is 1. The Morgan fingerprint density at radius 2 is 2.14 bits per heavy atom. The van der Waals surface area contributed by atoms with Gasteiger partial charge in [-0.2, -0.15) is 0 Å². The van der Waals surface area contributed by atoms with E-state index in [1.165, 1.54) is 11.0 Å². The van der Waals surface area contributed by atoms with E-state index in [4.69, 9.17) is 10.5 Å². The summed E-state index contributed by atoms with van der Waals surface area (Å²) in [6.07, 6.45) is 2.85. The number of nitrogens with two attached hydrogens (primary N) is 1. The van der Waals surface area contributed by atoms with Gasteiger partial charge in [-0.1, -0.05) is 0 Å². The van der Waals surface area contributed by atoms with Crippen molar-refractivity contribution in [1.82, 2.24) is 4.98 Å². The number of amides is 1. The van der Waals surface area contributed by atoms with Gasteiger partial charge in [0, 0.05) is 41.9 Å². The van der Waals surface area contributed by atoms with Gasteiger partial charge in [-0.05, 0) is 18.6 Å². The van der Waals surface area contributed by atoms with Crippen LogP contribution in [0.25, 0.3) is 11.1 Å². The van der Waals surface area contributed by atoms with E-state index >= 15 is 0 Å². The van der Waals surface area contributed by atoms with Crippen LogP contribution < -0.4 is 15.4 Å². The van der Waals surface area contributed by atoms with Gasteiger partial charge in [0.15, 0.2) is 0 Å². The maximum Gasteiger partial charge on any atom is 0.227 e. The zero-order valence-corrected chi connectivity index (χ0v) is 11.8. The lowest BCUT2D eigenvalue weighted by atomic mass is 9.98. The van der Waals surface area contributed by atoms with Crippen molar-refractivity contribution in [2.45, 2.75) is 19.4 Å². The minimum atomic E-state index is -0.428. The number of pyridine rings is 1. The molecule has 22 heavy (non-hydrogen) atoms. The Balaban J connectivity index is 1.83. The zero-order valence-electron chi connectivity index (χ0n) is 11.8. The number of anilines is 2. The van der Waals surface area contributed by atoms with Crippen LogP contribution in [-0.4, -0.2) is 17.4 Å². The number of fused-ring (bicyclic) bond motifs is 3. The van der Waals surface area contributed by atoms with Crippen LogP contribution >= 0.6 is 0 Å². The lowest BCUT2D eigenvalue weighted by Gasteiger charge is -2.24. The molecule has 3 heterocycles. The summed E-state index contributed by atoms with van der Waals surface area (Å²) in [6.45, 7) is 0.900. The lowest BCUT2D eigenvalue weighted by molar-refractivity contribution is -0.117. The summed E-state index contributed by atoms with van der Waals surface area (Å²) >= 11 is 0. The first kappa shape index (κ1) is 13.1. The summed E-state index contributed by atoms with van der Waals surface area (Å²) in [5.74, 6) is 0.493. The van der Waals surface area contributed by atoms with E-state index in [0.29, 0.717) is 36.7 Å². The molecule has 6 heteroatoms. The topological polar surface area (TPSA) is 68.5 Å². The fraction of sp³-hybridized carbons (Fsp3) is 0.250. The van der Waals surface area contributed by atoms with Gasteiger partial charge in [-0.15, -0.1) is 0 Å². The van der Waals surface area contributed by atoms with Crippen molar-refractivity contribution in [3.05, 3.63) is 35.8 Å². The summed E-state index contributed by atoms with van der Waals surface area (Å²) in [4.78, 5) is 17.4. The highest BCUT2D eigenvalue weighted by atomic mass is 19.1. The molecule has 2 N–H and O–H groups in total. The van der Waals surface area contributed by atoms with E-state index in [9.17, 15) is 9.18 Å². The number of halogens is 1. The Bertz CT molecular complexity index is 791. The third kappa shape index (κ3) is 1.91. The van der Waals surface area contributed by atoms with Gasteiger partial charge in [-0.3, -0.25) is 4.79 Å². The number of nitrogens with zero attached hydrogens (tertiary/aromatic N) is 2. The number of aromatic nitrogens is 1. The molecule has 1 amide bonds. The summed E-state index contributed by atoms with van der Waals surface area (Å²) in [6, 6.07) is 4.74. The number of nitrogen functional groups attached to an aromatic ring is 1. The van der Waals surface area contributed by atoms with E-state index in [1.54, 1.807) is 18.3 Å². The molecule has 1 saturated heterocycles. The molecule has 0 aliphatic carbocycles. The van der Waals surface area contributed by atoms with Crippen LogP contribution in [0.15, 0.2) is 24.4 Å². The van der Waals surface area contributed by atoms with Gasteiger partial charge >= 0.3 is 0 Å². The molecule has 1 aromatic carbocycles. The standard InChI is InChI=1S/C16H14FN3O2/c17-12-5-10-11-7-19-15(18)4-9(11)8-22-14(10)6-13(12)20-3-1-2-16(20)21/h4-7H,1-3,8H2,(H2,18,19). The smallest absolute Gasteiger partial charge is 0.227 e. The van der Waals surface area contributed by atoms with Crippen LogP contribution in [0, 0.1) is 5.82 Å². The molecule has 0 unspecified atom stereocenters. The maximum absolute atomic E-state index is 14.5. The van der Waals surface area contributed by atoms with Crippen molar-refractivity contribution in [1.29, 1.82) is 0 Å². The Kier molecular flexibility index (Phi) is 2.79. The molecule has 2 aliphatic heterocycles. The van der Waals surface area contributed by atoms with Gasteiger partial charge in [0.25, 0.3) is 0 Å². The zero-order chi connectivity index (χ0) is 15.3. The second-order valence-electron chi connectivity index (χ2n) is 5.50. The molecule has 0 saturated carbocycles. The summed E-state index contributed by atoms with van der Waals surface area (Å²) < 4.78 is 20.2. The Morgan fingerprint density at radius 1 is 1.27 bits per heavy atom. The molecule has 1 fully saturated rings. The molecule has 0 bridgehead atoms. The number of carbonyl (C=O) groups is 1. The predicted octanol–water partition coefficient (Wildman–Crippen LogP) is 2.49. The van der Waals surface area contributed by atoms with Crippen molar-refractivity contribution in [3.8, 4) is 16.9 Å². The number of ether oxygens (including phenoxy) is 1. The van der Waals surface area contributed by atoms with Crippen LogP contribution in [-0.2, 0) is 11.4 Å². The third-order valence-corrected chi connectivity index (χ3v) is 4.10. The summed E-state index contributed by atoms with van der Waals surface area (Å²) in [5.41, 5.74) is 8.29. The fourth-order valence-electron chi connectivity index (χ4n) is 3.02. The minimum Gasteiger partial charge on any atom is -0.488 e. The first-order chi connectivity index (χ1) is 10.6. The lowest BCUT2D eigenvalue weighted by Crippen LogP contribution is -2.25. The molecular formula is C16H14FN3O2. The van der Waals surface area contributed by atoms with E-state index < -0.39 is 5.82 Å². The van der Waals surface area contributed by atoms with Gasteiger partial charge in [0.05, 0.1) is 5.69 Å². The molecule has 0 spiro atoms. The summed E-state index contributed by atoms with van der Waals surface area (Å²) in [5, 5.41) is 0. The van der Waals surface area contributed by atoms with Crippen molar-refractivity contribution in [2.24, 2.45) is 0 Å². The van der Waals surface area contributed by atoms with Gasteiger partial charge in [0.1, 0.15) is 24.0 Å². The molecule has 0 atom stereocenters. The first-order valence-corrected chi connectivity index (χ1v) is 7.15. The number of hydrogen-bond donors (Lipinski definition) is 1. The third-order valence-electron chi connectivity index (χ3n) is 4.10. The number of benzene rings is 1. The SMILES string of the molecule is Nc1cc2c(cn1)-c1cc(F)c(N3CCCC3=O)cc1OC2. The fourth-order valence-corrected chi connectivity index (χ4v) is 3.02. The highest BCUT2D eigenvalue weighted by Crippen LogP contribution is 2.41. The maximum atomic E-state index is 14.5. The first-order valence-electron chi connectivity index (χ1n) is 7.15. The Hall–Kier alpha value is -2.63. The van der Waals surface area contributed by atoms with E-state index in [0.717, 1.165) is 17.5 Å². The second-order valence-corrected chi connectivity index (χ2v) is 5.50. The molecule has 0 radical (unpaired) electrons. The predicted molar refractivity (Wildman–Crippen MR) is 80.0 cm³/mol.